The fraction of sp³-hybridized carbons (Fsp3) is 0.900. The molecule has 0 atom stereocenters. The van der Waals surface area contributed by atoms with Crippen LogP contribution in [0.1, 0.15) is 13.8 Å². The van der Waals surface area contributed by atoms with Crippen molar-refractivity contribution < 1.29 is 13.2 Å². The number of nitrogens with zero attached hydrogens (tertiary/aromatic N) is 2. The summed E-state index contributed by atoms with van der Waals surface area (Å²) in [5.74, 6) is -0.183. The van der Waals surface area contributed by atoms with E-state index in [-0.39, 0.29) is 18.5 Å². The monoisotopic (exact) mass is 278 g/mol. The molecule has 0 aliphatic carbocycles. The molecular formula is C10H22N4O3S. The van der Waals surface area contributed by atoms with Crippen LogP contribution in [0.2, 0.25) is 0 Å². The molecule has 1 aliphatic heterocycles. The maximum absolute atomic E-state index is 11.8. The Bertz CT molecular complexity index is 377. The van der Waals surface area contributed by atoms with E-state index >= 15 is 0 Å². The maximum atomic E-state index is 11.8. The van der Waals surface area contributed by atoms with E-state index in [1.807, 2.05) is 0 Å². The Hall–Kier alpha value is -0.700. The van der Waals surface area contributed by atoms with Gasteiger partial charge in [0.25, 0.3) is 10.2 Å². The van der Waals surface area contributed by atoms with Gasteiger partial charge in [0.15, 0.2) is 0 Å². The van der Waals surface area contributed by atoms with Crippen LogP contribution < -0.4 is 10.0 Å². The van der Waals surface area contributed by atoms with Gasteiger partial charge in [-0.15, -0.1) is 0 Å². The highest BCUT2D eigenvalue weighted by Gasteiger charge is 2.23. The molecule has 0 saturated carbocycles. The first-order valence-electron chi connectivity index (χ1n) is 6.05. The zero-order valence-electron chi connectivity index (χ0n) is 11.1. The van der Waals surface area contributed by atoms with Crippen LogP contribution in [0.5, 0.6) is 0 Å². The molecule has 1 saturated heterocycles. The van der Waals surface area contributed by atoms with Crippen molar-refractivity contribution in [3.63, 3.8) is 0 Å². The first-order chi connectivity index (χ1) is 8.34. The summed E-state index contributed by atoms with van der Waals surface area (Å²) in [6.45, 7) is 6.13. The molecule has 0 spiro atoms. The number of hydrogen-bond donors (Lipinski definition) is 2. The summed E-state index contributed by atoms with van der Waals surface area (Å²) < 4.78 is 27.1. The lowest BCUT2D eigenvalue weighted by Crippen LogP contribution is -2.51. The van der Waals surface area contributed by atoms with E-state index in [2.05, 4.69) is 10.0 Å². The summed E-state index contributed by atoms with van der Waals surface area (Å²) >= 11 is 0. The minimum absolute atomic E-state index is 0.142. The lowest BCUT2D eigenvalue weighted by Gasteiger charge is -2.28. The van der Waals surface area contributed by atoms with Crippen LogP contribution in [-0.2, 0) is 15.0 Å². The highest BCUT2D eigenvalue weighted by atomic mass is 32.2. The molecular weight excluding hydrogens is 256 g/mol. The van der Waals surface area contributed by atoms with E-state index in [9.17, 15) is 13.2 Å². The van der Waals surface area contributed by atoms with Crippen molar-refractivity contribution in [3.05, 3.63) is 0 Å². The van der Waals surface area contributed by atoms with E-state index < -0.39 is 10.2 Å². The number of rotatable bonds is 5. The molecule has 0 aromatic rings. The Balaban J connectivity index is 2.46. The first kappa shape index (κ1) is 15.4. The molecule has 0 aromatic heterocycles. The van der Waals surface area contributed by atoms with Gasteiger partial charge in [0.05, 0.1) is 6.54 Å². The number of hydrogen-bond acceptors (Lipinski definition) is 4. The van der Waals surface area contributed by atoms with Crippen LogP contribution in [-0.4, -0.2) is 69.3 Å². The van der Waals surface area contributed by atoms with Crippen LogP contribution in [0.15, 0.2) is 0 Å². The van der Waals surface area contributed by atoms with Crippen molar-refractivity contribution in [2.75, 3.05) is 39.8 Å². The Morgan fingerprint density at radius 3 is 2.44 bits per heavy atom. The predicted octanol–water partition coefficient (Wildman–Crippen LogP) is -1.41. The summed E-state index contributed by atoms with van der Waals surface area (Å²) in [4.78, 5) is 13.5. The molecule has 1 aliphatic rings. The van der Waals surface area contributed by atoms with E-state index in [1.54, 1.807) is 18.7 Å². The van der Waals surface area contributed by atoms with E-state index in [1.165, 1.54) is 11.4 Å². The zero-order valence-corrected chi connectivity index (χ0v) is 12.0. The topological polar surface area (TPSA) is 81.8 Å². The van der Waals surface area contributed by atoms with Gasteiger partial charge in [0.2, 0.25) is 5.91 Å². The second-order valence-electron chi connectivity index (χ2n) is 4.57. The van der Waals surface area contributed by atoms with Gasteiger partial charge in [-0.3, -0.25) is 4.79 Å². The normalized spacial score (nSPS) is 17.5. The summed E-state index contributed by atoms with van der Waals surface area (Å²) in [5.41, 5.74) is 0. The van der Waals surface area contributed by atoms with Crippen molar-refractivity contribution in [1.82, 2.24) is 19.2 Å². The van der Waals surface area contributed by atoms with Crippen LogP contribution in [0.25, 0.3) is 0 Å². The summed E-state index contributed by atoms with van der Waals surface area (Å²) in [6.07, 6.45) is 0. The molecule has 106 valence electrons. The van der Waals surface area contributed by atoms with Gasteiger partial charge in [-0.05, 0) is 13.8 Å². The van der Waals surface area contributed by atoms with Crippen LogP contribution in [0.4, 0.5) is 0 Å². The third kappa shape index (κ3) is 4.20. The second-order valence-corrected chi connectivity index (χ2v) is 6.38. The Kier molecular flexibility index (Phi) is 5.51. The van der Waals surface area contributed by atoms with Gasteiger partial charge in [0, 0.05) is 39.3 Å². The summed E-state index contributed by atoms with van der Waals surface area (Å²) in [6, 6.07) is -0.142. The lowest BCUT2D eigenvalue weighted by molar-refractivity contribution is -0.130. The van der Waals surface area contributed by atoms with Gasteiger partial charge in [-0.25, -0.2) is 0 Å². The zero-order chi connectivity index (χ0) is 13.8. The molecule has 18 heavy (non-hydrogen) atoms. The molecule has 7 nitrogen and oxygen atoms in total. The van der Waals surface area contributed by atoms with Crippen molar-refractivity contribution in [1.29, 1.82) is 0 Å². The quantitative estimate of drug-likeness (QED) is 0.647. The average Bonchev–Trinajstić information content (AvgIpc) is 2.36. The van der Waals surface area contributed by atoms with Crippen LogP contribution >= 0.6 is 0 Å². The fourth-order valence-corrected chi connectivity index (χ4v) is 2.62. The Morgan fingerprint density at radius 2 is 1.94 bits per heavy atom. The molecule has 1 amide bonds. The minimum atomic E-state index is -3.57. The average molecular weight is 278 g/mol. The van der Waals surface area contributed by atoms with Crippen molar-refractivity contribution in [3.8, 4) is 0 Å². The SMILES string of the molecule is CC(C)N(C)S(=O)(=O)NCC(=O)N1CCNCC1. The largest absolute Gasteiger partial charge is 0.339 e. The highest BCUT2D eigenvalue weighted by Crippen LogP contribution is 2.00. The van der Waals surface area contributed by atoms with E-state index in [0.717, 1.165) is 13.1 Å². The predicted molar refractivity (Wildman–Crippen MR) is 69.3 cm³/mol. The van der Waals surface area contributed by atoms with E-state index in [4.69, 9.17) is 0 Å². The van der Waals surface area contributed by atoms with E-state index in [0.29, 0.717) is 13.1 Å². The molecule has 2 N–H and O–H groups in total. The second kappa shape index (κ2) is 6.46. The summed E-state index contributed by atoms with van der Waals surface area (Å²) in [5, 5.41) is 3.13. The minimum Gasteiger partial charge on any atom is -0.339 e. The third-order valence-corrected chi connectivity index (χ3v) is 4.67. The number of carbonyl (C=O) groups excluding carboxylic acids is 1. The Labute approximate surface area is 109 Å². The van der Waals surface area contributed by atoms with Crippen LogP contribution in [0, 0.1) is 0 Å². The van der Waals surface area contributed by atoms with Crippen LogP contribution in [0.3, 0.4) is 0 Å². The number of nitrogens with one attached hydrogen (secondary N) is 2. The number of carbonyl (C=O) groups is 1. The molecule has 0 aromatic carbocycles. The molecule has 8 heteroatoms. The number of amides is 1. The molecule has 1 fully saturated rings. The number of piperazine rings is 1. The molecule has 0 radical (unpaired) electrons. The van der Waals surface area contributed by atoms with Gasteiger partial charge >= 0.3 is 0 Å². The smallest absolute Gasteiger partial charge is 0.279 e. The lowest BCUT2D eigenvalue weighted by atomic mass is 10.3. The Morgan fingerprint density at radius 1 is 1.39 bits per heavy atom. The molecule has 0 bridgehead atoms. The van der Waals surface area contributed by atoms with Crippen molar-refractivity contribution >= 4 is 16.1 Å². The fourth-order valence-electron chi connectivity index (χ4n) is 1.56. The van der Waals surface area contributed by atoms with Gasteiger partial charge in [-0.2, -0.15) is 17.4 Å². The highest BCUT2D eigenvalue weighted by molar-refractivity contribution is 7.87. The third-order valence-electron chi connectivity index (χ3n) is 2.98. The maximum Gasteiger partial charge on any atom is 0.279 e. The van der Waals surface area contributed by atoms with Crippen molar-refractivity contribution in [2.45, 2.75) is 19.9 Å². The molecule has 0 unspecified atom stereocenters. The van der Waals surface area contributed by atoms with Gasteiger partial charge < -0.3 is 10.2 Å². The first-order valence-corrected chi connectivity index (χ1v) is 7.49. The standard InChI is InChI=1S/C10H22N4O3S/c1-9(2)13(3)18(16,17)12-8-10(15)14-6-4-11-5-7-14/h9,11-12H,4-8H2,1-3H3. The molecule has 1 heterocycles. The van der Waals surface area contributed by atoms with Gasteiger partial charge in [-0.1, -0.05) is 0 Å². The molecule has 1 rings (SSSR count). The van der Waals surface area contributed by atoms with Crippen molar-refractivity contribution in [2.24, 2.45) is 0 Å². The summed E-state index contributed by atoms with van der Waals surface area (Å²) in [7, 11) is -2.08. The van der Waals surface area contributed by atoms with Gasteiger partial charge in [0.1, 0.15) is 0 Å².